The molecule has 0 amide bonds. The summed E-state index contributed by atoms with van der Waals surface area (Å²) in [5.41, 5.74) is 2.39. The summed E-state index contributed by atoms with van der Waals surface area (Å²) in [4.78, 5) is 22.6. The molecule has 18 heavy (non-hydrogen) atoms. The van der Waals surface area contributed by atoms with E-state index in [-0.39, 0.29) is 12.4 Å². The second kappa shape index (κ2) is 4.94. The van der Waals surface area contributed by atoms with Crippen molar-refractivity contribution >= 4 is 39.2 Å². The zero-order valence-corrected chi connectivity index (χ0v) is 11.7. The van der Waals surface area contributed by atoms with Crippen molar-refractivity contribution in [2.24, 2.45) is 0 Å². The number of carbonyl (C=O) groups excluding carboxylic acids is 2. The number of carbonyl (C=O) groups is 2. The van der Waals surface area contributed by atoms with Gasteiger partial charge >= 0.3 is 5.97 Å². The molecule has 0 unspecified atom stereocenters. The van der Waals surface area contributed by atoms with Gasteiger partial charge in [-0.3, -0.25) is 14.2 Å². The molecule has 2 aromatic rings. The molecule has 0 saturated heterocycles. The van der Waals surface area contributed by atoms with Crippen molar-refractivity contribution in [3.05, 3.63) is 33.9 Å². The van der Waals surface area contributed by atoms with Crippen LogP contribution in [-0.4, -0.2) is 24.1 Å². The monoisotopic (exact) mass is 309 g/mol. The van der Waals surface area contributed by atoms with Crippen molar-refractivity contribution < 1.29 is 14.3 Å². The molecule has 0 bridgehead atoms. The van der Waals surface area contributed by atoms with Gasteiger partial charge in [0.25, 0.3) is 0 Å². The van der Waals surface area contributed by atoms with Gasteiger partial charge in [0.2, 0.25) is 6.41 Å². The van der Waals surface area contributed by atoms with E-state index in [2.05, 4.69) is 20.7 Å². The lowest BCUT2D eigenvalue weighted by Crippen LogP contribution is -2.06. The molecule has 0 aliphatic heterocycles. The van der Waals surface area contributed by atoms with Crippen molar-refractivity contribution in [3.63, 3.8) is 0 Å². The summed E-state index contributed by atoms with van der Waals surface area (Å²) in [6, 6.07) is 5.62. The Labute approximate surface area is 113 Å². The predicted octanol–water partition coefficient (Wildman–Crippen LogP) is 2.47. The predicted molar refractivity (Wildman–Crippen MR) is 72.2 cm³/mol. The highest BCUT2D eigenvalue weighted by molar-refractivity contribution is 9.10. The summed E-state index contributed by atoms with van der Waals surface area (Å²) in [6.45, 7) is 1.82. The lowest BCUT2D eigenvalue weighted by Gasteiger charge is -2.00. The van der Waals surface area contributed by atoms with Gasteiger partial charge in [0.05, 0.1) is 19.0 Å². The van der Waals surface area contributed by atoms with E-state index in [1.807, 2.05) is 25.1 Å². The summed E-state index contributed by atoms with van der Waals surface area (Å²) in [5, 5.41) is 0.888. The maximum Gasteiger partial charge on any atom is 0.310 e. The summed E-state index contributed by atoms with van der Waals surface area (Å²) in [6.07, 6.45) is 0.919. The van der Waals surface area contributed by atoms with Crippen molar-refractivity contribution in [2.45, 2.75) is 13.3 Å². The Bertz CT molecular complexity index is 631. The highest BCUT2D eigenvalue weighted by Gasteiger charge is 2.16. The number of benzene rings is 1. The Morgan fingerprint density at radius 1 is 1.50 bits per heavy atom. The molecule has 0 radical (unpaired) electrons. The van der Waals surface area contributed by atoms with Crippen molar-refractivity contribution in [1.82, 2.24) is 4.57 Å². The number of aromatic nitrogens is 1. The van der Waals surface area contributed by atoms with Gasteiger partial charge in [0.15, 0.2) is 0 Å². The zero-order valence-electron chi connectivity index (χ0n) is 10.1. The maximum atomic E-state index is 11.4. The van der Waals surface area contributed by atoms with Crippen molar-refractivity contribution in [3.8, 4) is 0 Å². The van der Waals surface area contributed by atoms with Crippen LogP contribution in [0.1, 0.15) is 11.3 Å². The molecular weight excluding hydrogens is 298 g/mol. The van der Waals surface area contributed by atoms with E-state index in [1.165, 1.54) is 7.11 Å². The second-order valence-electron chi connectivity index (χ2n) is 3.95. The minimum absolute atomic E-state index is 0.163. The second-order valence-corrected chi connectivity index (χ2v) is 4.87. The van der Waals surface area contributed by atoms with Gasteiger partial charge in [-0.1, -0.05) is 15.9 Å². The van der Waals surface area contributed by atoms with Crippen LogP contribution in [0.2, 0.25) is 0 Å². The highest BCUT2D eigenvalue weighted by Crippen LogP contribution is 2.28. The third-order valence-electron chi connectivity index (χ3n) is 3.00. The molecule has 1 aromatic carbocycles. The lowest BCUT2D eigenvalue weighted by atomic mass is 10.1. The normalized spacial score (nSPS) is 10.6. The van der Waals surface area contributed by atoms with E-state index < -0.39 is 0 Å². The third kappa shape index (κ3) is 2.06. The Morgan fingerprint density at radius 3 is 2.83 bits per heavy atom. The lowest BCUT2D eigenvalue weighted by molar-refractivity contribution is -0.139. The quantitative estimate of drug-likeness (QED) is 0.646. The molecule has 0 aliphatic carbocycles. The van der Waals surface area contributed by atoms with Crippen LogP contribution in [-0.2, 0) is 20.7 Å². The molecule has 4 nitrogen and oxygen atoms in total. The van der Waals surface area contributed by atoms with Crippen LogP contribution in [0.25, 0.3) is 10.9 Å². The van der Waals surface area contributed by atoms with Crippen molar-refractivity contribution in [1.29, 1.82) is 0 Å². The zero-order chi connectivity index (χ0) is 13.3. The van der Waals surface area contributed by atoms with E-state index >= 15 is 0 Å². The maximum absolute atomic E-state index is 11.4. The molecule has 5 heteroatoms. The first kappa shape index (κ1) is 12.8. The number of hydrogen-bond donors (Lipinski definition) is 0. The van der Waals surface area contributed by atoms with Crippen LogP contribution < -0.4 is 0 Å². The molecule has 0 aliphatic rings. The topological polar surface area (TPSA) is 48.3 Å². The highest BCUT2D eigenvalue weighted by atomic mass is 79.9. The molecule has 0 saturated carbocycles. The molecule has 2 rings (SSSR count). The summed E-state index contributed by atoms with van der Waals surface area (Å²) < 4.78 is 7.13. The van der Waals surface area contributed by atoms with E-state index in [0.29, 0.717) is 0 Å². The Morgan fingerprint density at radius 2 is 2.22 bits per heavy atom. The Hall–Kier alpha value is -1.62. The fourth-order valence-corrected chi connectivity index (χ4v) is 2.42. The summed E-state index contributed by atoms with van der Waals surface area (Å²) >= 11 is 3.39. The van der Waals surface area contributed by atoms with E-state index in [4.69, 9.17) is 0 Å². The molecule has 1 heterocycles. The van der Waals surface area contributed by atoms with Crippen molar-refractivity contribution in [2.75, 3.05) is 7.11 Å². The molecule has 94 valence electrons. The minimum Gasteiger partial charge on any atom is -0.469 e. The van der Waals surface area contributed by atoms with Gasteiger partial charge in [0.1, 0.15) is 0 Å². The number of fused-ring (bicyclic) bond motifs is 1. The fraction of sp³-hybridized carbons (Fsp3) is 0.231. The van der Waals surface area contributed by atoms with Crippen LogP contribution in [0.15, 0.2) is 22.7 Å². The van der Waals surface area contributed by atoms with Gasteiger partial charge in [-0.25, -0.2) is 0 Å². The van der Waals surface area contributed by atoms with Crippen LogP contribution in [0.3, 0.4) is 0 Å². The first-order valence-electron chi connectivity index (χ1n) is 5.39. The average molecular weight is 310 g/mol. The first-order chi connectivity index (χ1) is 8.58. The molecule has 0 fully saturated rings. The van der Waals surface area contributed by atoms with E-state index in [0.717, 1.165) is 33.0 Å². The fourth-order valence-electron chi connectivity index (χ4n) is 2.06. The van der Waals surface area contributed by atoms with Gasteiger partial charge in [-0.2, -0.15) is 0 Å². The van der Waals surface area contributed by atoms with Crippen LogP contribution >= 0.6 is 15.9 Å². The number of esters is 1. The average Bonchev–Trinajstić information content (AvgIpc) is 2.62. The SMILES string of the molecule is COC(=O)Cc1c(C)n(C=O)c2ccc(Br)cc12. The van der Waals surface area contributed by atoms with Crippen LogP contribution in [0.5, 0.6) is 0 Å². The molecule has 0 N–H and O–H groups in total. The van der Waals surface area contributed by atoms with Gasteiger partial charge < -0.3 is 4.74 Å². The van der Waals surface area contributed by atoms with Crippen LogP contribution in [0, 0.1) is 6.92 Å². The number of methoxy groups -OCH3 is 1. The first-order valence-corrected chi connectivity index (χ1v) is 6.18. The molecule has 0 spiro atoms. The van der Waals surface area contributed by atoms with Crippen LogP contribution in [0.4, 0.5) is 0 Å². The largest absolute Gasteiger partial charge is 0.469 e. The van der Waals surface area contributed by atoms with E-state index in [1.54, 1.807) is 4.57 Å². The van der Waals surface area contributed by atoms with Gasteiger partial charge in [0, 0.05) is 15.6 Å². The third-order valence-corrected chi connectivity index (χ3v) is 3.49. The standard InChI is InChI=1S/C13H12BrNO3/c1-8-10(6-13(17)18-2)11-5-9(14)3-4-12(11)15(8)7-16/h3-5,7H,6H2,1-2H3. The van der Waals surface area contributed by atoms with E-state index in [9.17, 15) is 9.59 Å². The smallest absolute Gasteiger partial charge is 0.310 e. The number of rotatable bonds is 3. The number of ether oxygens (including phenoxy) is 1. The number of halogens is 1. The van der Waals surface area contributed by atoms with Gasteiger partial charge in [-0.15, -0.1) is 0 Å². The molecule has 0 atom stereocenters. The number of hydrogen-bond acceptors (Lipinski definition) is 3. The number of nitrogens with zero attached hydrogens (tertiary/aromatic N) is 1. The minimum atomic E-state index is -0.317. The molecule has 1 aromatic heterocycles. The summed E-state index contributed by atoms with van der Waals surface area (Å²) in [7, 11) is 1.35. The van der Waals surface area contributed by atoms with Gasteiger partial charge in [-0.05, 0) is 30.7 Å². The Kier molecular flexibility index (Phi) is 3.52. The Balaban J connectivity index is 2.70. The molecular formula is C13H12BrNO3. The summed E-state index contributed by atoms with van der Waals surface area (Å²) in [5.74, 6) is -0.317.